The quantitative estimate of drug-likeness (QED) is 0.566. The van der Waals surface area contributed by atoms with Gasteiger partial charge in [0.25, 0.3) is 11.8 Å². The molecule has 2 saturated carbocycles. The van der Waals surface area contributed by atoms with Gasteiger partial charge in [-0.15, -0.1) is 0 Å². The molecule has 0 spiro atoms. The van der Waals surface area contributed by atoms with E-state index in [4.69, 9.17) is 4.74 Å². The van der Waals surface area contributed by atoms with Crippen molar-refractivity contribution in [3.8, 4) is 5.75 Å². The summed E-state index contributed by atoms with van der Waals surface area (Å²) >= 11 is 0. The van der Waals surface area contributed by atoms with Gasteiger partial charge in [0.15, 0.2) is 5.60 Å². The van der Waals surface area contributed by atoms with Gasteiger partial charge in [-0.3, -0.25) is 9.59 Å². The lowest BCUT2D eigenvalue weighted by molar-refractivity contribution is -0.145. The molecule has 1 aromatic carbocycles. The summed E-state index contributed by atoms with van der Waals surface area (Å²) in [6.07, 6.45) is 10.2. The van der Waals surface area contributed by atoms with E-state index in [1.165, 1.54) is 0 Å². The lowest BCUT2D eigenvalue weighted by Gasteiger charge is -2.44. The number of nitrogens with zero attached hydrogens (tertiary/aromatic N) is 2. The van der Waals surface area contributed by atoms with E-state index in [9.17, 15) is 9.59 Å². The van der Waals surface area contributed by atoms with E-state index in [0.29, 0.717) is 17.6 Å². The van der Waals surface area contributed by atoms with Crippen LogP contribution < -0.4 is 20.3 Å². The van der Waals surface area contributed by atoms with Crippen molar-refractivity contribution in [2.24, 2.45) is 0 Å². The number of piperidine rings is 1. The normalized spacial score (nSPS) is 23.2. The van der Waals surface area contributed by atoms with Crippen LogP contribution in [0.25, 0.3) is 0 Å². The Morgan fingerprint density at radius 3 is 2.49 bits per heavy atom. The van der Waals surface area contributed by atoms with Gasteiger partial charge >= 0.3 is 0 Å². The maximum absolute atomic E-state index is 13.3. The van der Waals surface area contributed by atoms with Crippen molar-refractivity contribution >= 4 is 17.6 Å². The molecule has 2 heterocycles. The maximum atomic E-state index is 13.3. The lowest BCUT2D eigenvalue weighted by atomic mass is 9.78. The third kappa shape index (κ3) is 5.44. The third-order valence-corrected chi connectivity index (χ3v) is 7.52. The molecule has 186 valence electrons. The number of nitrogens with one attached hydrogen (secondary N) is 2. The van der Waals surface area contributed by atoms with Crippen LogP contribution in [0.4, 0.5) is 5.82 Å². The molecule has 5 rings (SSSR count). The smallest absolute Gasteiger partial charge is 0.264 e. The summed E-state index contributed by atoms with van der Waals surface area (Å²) in [4.78, 5) is 32.6. The highest BCUT2D eigenvalue weighted by molar-refractivity contribution is 5.94. The van der Waals surface area contributed by atoms with E-state index >= 15 is 0 Å². The van der Waals surface area contributed by atoms with Crippen molar-refractivity contribution in [1.82, 2.24) is 15.6 Å². The number of anilines is 1. The predicted molar refractivity (Wildman–Crippen MR) is 136 cm³/mol. The van der Waals surface area contributed by atoms with Crippen molar-refractivity contribution in [2.45, 2.75) is 88.4 Å². The Kier molecular flexibility index (Phi) is 6.93. The second-order valence-corrected chi connectivity index (χ2v) is 10.2. The van der Waals surface area contributed by atoms with E-state index in [-0.39, 0.29) is 17.9 Å². The zero-order chi connectivity index (χ0) is 24.3. The van der Waals surface area contributed by atoms with Crippen LogP contribution >= 0.6 is 0 Å². The van der Waals surface area contributed by atoms with Crippen LogP contribution in [0, 0.1) is 0 Å². The standard InChI is InChI=1S/C28H36N4O3/c1-2-7-23-18-22(31-27(34)28(15-6-16-28)35-24-8-4-3-5-9-24)14-17-32(23)25-13-10-20(19-29-25)26(33)30-21-11-12-21/h3-5,8-10,13,19,21-23H,2,6-7,11-12,14-18H2,1H3,(H,30,33)(H,31,34). The first-order chi connectivity index (χ1) is 17.1. The molecule has 2 unspecified atom stereocenters. The van der Waals surface area contributed by atoms with Crippen LogP contribution in [0.5, 0.6) is 5.75 Å². The summed E-state index contributed by atoms with van der Waals surface area (Å²) in [5.74, 6) is 1.63. The van der Waals surface area contributed by atoms with E-state index in [0.717, 1.165) is 75.9 Å². The minimum atomic E-state index is -0.739. The second-order valence-electron chi connectivity index (χ2n) is 10.2. The number of hydrogen-bond acceptors (Lipinski definition) is 5. The molecule has 3 fully saturated rings. The van der Waals surface area contributed by atoms with E-state index < -0.39 is 5.60 Å². The molecule has 2 N–H and O–H groups in total. The Morgan fingerprint density at radius 1 is 1.06 bits per heavy atom. The average molecular weight is 477 g/mol. The topological polar surface area (TPSA) is 83.6 Å². The first kappa shape index (κ1) is 23.6. The summed E-state index contributed by atoms with van der Waals surface area (Å²) in [7, 11) is 0. The predicted octanol–water partition coefficient (Wildman–Crippen LogP) is 4.23. The molecule has 2 aromatic rings. The van der Waals surface area contributed by atoms with Crippen LogP contribution in [0.15, 0.2) is 48.7 Å². The number of benzene rings is 1. The highest BCUT2D eigenvalue weighted by Gasteiger charge is 2.47. The minimum absolute atomic E-state index is 0.0189. The molecular weight excluding hydrogens is 440 g/mol. The average Bonchev–Trinajstić information content (AvgIpc) is 3.66. The van der Waals surface area contributed by atoms with Gasteiger partial charge in [0.1, 0.15) is 11.6 Å². The number of carbonyl (C=O) groups excluding carboxylic acids is 2. The van der Waals surface area contributed by atoms with Gasteiger partial charge < -0.3 is 20.3 Å². The van der Waals surface area contributed by atoms with Crippen molar-refractivity contribution in [1.29, 1.82) is 0 Å². The molecule has 1 aliphatic heterocycles. The Balaban J connectivity index is 1.21. The van der Waals surface area contributed by atoms with Crippen LogP contribution in [-0.4, -0.2) is 47.1 Å². The Morgan fingerprint density at radius 2 is 1.86 bits per heavy atom. The number of amides is 2. The van der Waals surface area contributed by atoms with Gasteiger partial charge in [0.2, 0.25) is 0 Å². The number of hydrogen-bond donors (Lipinski definition) is 2. The number of rotatable bonds is 9. The van der Waals surface area contributed by atoms with Crippen LogP contribution in [0.1, 0.15) is 75.1 Å². The van der Waals surface area contributed by atoms with Crippen molar-refractivity contribution in [3.63, 3.8) is 0 Å². The van der Waals surface area contributed by atoms with E-state index in [1.54, 1.807) is 6.20 Å². The molecule has 1 aromatic heterocycles. The number of ether oxygens (including phenoxy) is 1. The van der Waals surface area contributed by atoms with Crippen LogP contribution in [0.2, 0.25) is 0 Å². The summed E-state index contributed by atoms with van der Waals surface area (Å²) in [5.41, 5.74) is -0.129. The fourth-order valence-corrected chi connectivity index (χ4v) is 5.18. The first-order valence-corrected chi connectivity index (χ1v) is 13.1. The molecular formula is C28H36N4O3. The van der Waals surface area contributed by atoms with E-state index in [2.05, 4.69) is 27.4 Å². The molecule has 1 saturated heterocycles. The zero-order valence-electron chi connectivity index (χ0n) is 20.5. The number of para-hydroxylation sites is 1. The van der Waals surface area contributed by atoms with Gasteiger partial charge in [-0.05, 0) is 75.6 Å². The summed E-state index contributed by atoms with van der Waals surface area (Å²) in [6, 6.07) is 14.2. The number of pyridine rings is 1. The lowest BCUT2D eigenvalue weighted by Crippen LogP contribution is -2.60. The Hall–Kier alpha value is -3.09. The fourth-order valence-electron chi connectivity index (χ4n) is 5.18. The number of aromatic nitrogens is 1. The summed E-state index contributed by atoms with van der Waals surface area (Å²) in [6.45, 7) is 3.01. The highest BCUT2D eigenvalue weighted by atomic mass is 16.5. The maximum Gasteiger partial charge on any atom is 0.264 e. The SMILES string of the molecule is CCCC1CC(NC(=O)C2(Oc3ccccc3)CCC2)CCN1c1ccc(C(=O)NC2CC2)cn1. The van der Waals surface area contributed by atoms with Gasteiger partial charge in [-0.25, -0.2) is 4.98 Å². The van der Waals surface area contributed by atoms with Gasteiger partial charge in [-0.1, -0.05) is 31.5 Å². The van der Waals surface area contributed by atoms with E-state index in [1.807, 2.05) is 42.5 Å². The zero-order valence-corrected chi connectivity index (χ0v) is 20.5. The Labute approximate surface area is 207 Å². The monoisotopic (exact) mass is 476 g/mol. The third-order valence-electron chi connectivity index (χ3n) is 7.52. The van der Waals surface area contributed by atoms with Crippen molar-refractivity contribution in [2.75, 3.05) is 11.4 Å². The molecule has 3 aliphatic rings. The molecule has 0 bridgehead atoms. The van der Waals surface area contributed by atoms with Gasteiger partial charge in [-0.2, -0.15) is 0 Å². The molecule has 35 heavy (non-hydrogen) atoms. The van der Waals surface area contributed by atoms with Crippen LogP contribution in [-0.2, 0) is 4.79 Å². The fraction of sp³-hybridized carbons (Fsp3) is 0.536. The molecule has 7 heteroatoms. The van der Waals surface area contributed by atoms with Crippen LogP contribution in [0.3, 0.4) is 0 Å². The molecule has 7 nitrogen and oxygen atoms in total. The van der Waals surface area contributed by atoms with Crippen molar-refractivity contribution in [3.05, 3.63) is 54.2 Å². The number of carbonyl (C=O) groups is 2. The summed E-state index contributed by atoms with van der Waals surface area (Å²) < 4.78 is 6.20. The van der Waals surface area contributed by atoms with Gasteiger partial charge in [0, 0.05) is 30.9 Å². The highest BCUT2D eigenvalue weighted by Crippen LogP contribution is 2.37. The molecule has 0 radical (unpaired) electrons. The molecule has 2 aliphatic carbocycles. The first-order valence-electron chi connectivity index (χ1n) is 13.1. The van der Waals surface area contributed by atoms with Crippen molar-refractivity contribution < 1.29 is 14.3 Å². The Bertz CT molecular complexity index is 1020. The second kappa shape index (κ2) is 10.3. The molecule has 2 atom stereocenters. The summed E-state index contributed by atoms with van der Waals surface area (Å²) in [5, 5.41) is 6.34. The largest absolute Gasteiger partial charge is 0.477 e. The molecule has 2 amide bonds. The van der Waals surface area contributed by atoms with Gasteiger partial charge in [0.05, 0.1) is 5.56 Å². The minimum Gasteiger partial charge on any atom is -0.477 e.